The molecule has 0 amide bonds. The Balaban J connectivity index is 2.11. The third kappa shape index (κ3) is 2.34. The Morgan fingerprint density at radius 1 is 1.29 bits per heavy atom. The van der Waals surface area contributed by atoms with Crippen LogP contribution in [0.5, 0.6) is 17.2 Å². The number of fused-ring (bicyclic) bond motifs is 1. The van der Waals surface area contributed by atoms with Gasteiger partial charge in [0.05, 0.1) is 14.2 Å². The highest BCUT2D eigenvalue weighted by Gasteiger charge is 2.45. The average Bonchev–Trinajstić information content (AvgIpc) is 2.92. The number of benzene rings is 1. The lowest BCUT2D eigenvalue weighted by molar-refractivity contribution is 0.0257. The van der Waals surface area contributed by atoms with Crippen molar-refractivity contribution in [2.45, 2.75) is 24.5 Å². The van der Waals surface area contributed by atoms with Crippen molar-refractivity contribution in [3.8, 4) is 17.2 Å². The summed E-state index contributed by atoms with van der Waals surface area (Å²) in [6.07, 6.45) is 2.02. The Morgan fingerprint density at radius 3 is 2.67 bits per heavy atom. The molecule has 5 heteroatoms. The number of nitrogens with one attached hydrogen (secondary N) is 1. The number of hydrogen-bond acceptors (Lipinski definition) is 5. The summed E-state index contributed by atoms with van der Waals surface area (Å²) in [4.78, 5) is 2.26. The molecule has 2 aliphatic rings. The van der Waals surface area contributed by atoms with E-state index in [0.29, 0.717) is 11.8 Å². The zero-order chi connectivity index (χ0) is 15.0. The van der Waals surface area contributed by atoms with Gasteiger partial charge < -0.3 is 24.4 Å². The van der Waals surface area contributed by atoms with Crippen molar-refractivity contribution in [1.29, 1.82) is 0 Å². The maximum absolute atomic E-state index is 6.43. The molecule has 2 atom stereocenters. The summed E-state index contributed by atoms with van der Waals surface area (Å²) >= 11 is 0. The van der Waals surface area contributed by atoms with Crippen molar-refractivity contribution in [3.05, 3.63) is 17.7 Å². The maximum Gasteiger partial charge on any atom is 0.203 e. The molecule has 116 valence electrons. The van der Waals surface area contributed by atoms with Gasteiger partial charge in [0.25, 0.3) is 0 Å². The van der Waals surface area contributed by atoms with E-state index in [0.717, 1.165) is 37.4 Å². The summed E-state index contributed by atoms with van der Waals surface area (Å²) in [7, 11) is 7.56. The van der Waals surface area contributed by atoms with Gasteiger partial charge in [-0.2, -0.15) is 0 Å². The first-order valence-electron chi connectivity index (χ1n) is 7.41. The Kier molecular flexibility index (Phi) is 3.71. The van der Waals surface area contributed by atoms with Crippen LogP contribution in [0, 0.1) is 0 Å². The minimum Gasteiger partial charge on any atom is -0.493 e. The van der Waals surface area contributed by atoms with Gasteiger partial charge in [0, 0.05) is 31.0 Å². The molecular formula is C16H24N2O3. The minimum atomic E-state index is -0.137. The van der Waals surface area contributed by atoms with Crippen LogP contribution in [0.3, 0.4) is 0 Å². The molecule has 0 bridgehead atoms. The van der Waals surface area contributed by atoms with Crippen molar-refractivity contribution in [2.24, 2.45) is 0 Å². The molecule has 21 heavy (non-hydrogen) atoms. The molecule has 2 unspecified atom stereocenters. The highest BCUT2D eigenvalue weighted by molar-refractivity contribution is 5.58. The molecule has 1 aromatic rings. The number of ether oxygens (including phenoxy) is 3. The van der Waals surface area contributed by atoms with Crippen LogP contribution < -0.4 is 19.5 Å². The highest BCUT2D eigenvalue weighted by atomic mass is 16.5. The van der Waals surface area contributed by atoms with E-state index in [1.54, 1.807) is 14.2 Å². The van der Waals surface area contributed by atoms with E-state index in [1.807, 2.05) is 6.07 Å². The predicted molar refractivity (Wildman–Crippen MR) is 81.4 cm³/mol. The third-order valence-electron chi connectivity index (χ3n) is 4.60. The summed E-state index contributed by atoms with van der Waals surface area (Å²) < 4.78 is 17.4. The number of methoxy groups -OCH3 is 2. The van der Waals surface area contributed by atoms with Gasteiger partial charge in [0.2, 0.25) is 5.75 Å². The smallest absolute Gasteiger partial charge is 0.203 e. The highest BCUT2D eigenvalue weighted by Crippen LogP contribution is 2.51. The fourth-order valence-corrected chi connectivity index (χ4v) is 3.44. The van der Waals surface area contributed by atoms with Crippen molar-refractivity contribution < 1.29 is 14.2 Å². The van der Waals surface area contributed by atoms with E-state index in [9.17, 15) is 0 Å². The first-order valence-corrected chi connectivity index (χ1v) is 7.41. The minimum absolute atomic E-state index is 0.137. The third-order valence-corrected chi connectivity index (χ3v) is 4.60. The van der Waals surface area contributed by atoms with Gasteiger partial charge in [0.1, 0.15) is 5.60 Å². The molecule has 2 heterocycles. The zero-order valence-electron chi connectivity index (χ0n) is 13.2. The Hall–Kier alpha value is -1.46. The Labute approximate surface area is 126 Å². The lowest BCUT2D eigenvalue weighted by Crippen LogP contribution is -2.45. The van der Waals surface area contributed by atoms with Gasteiger partial charge in [-0.1, -0.05) is 0 Å². The van der Waals surface area contributed by atoms with E-state index >= 15 is 0 Å². The first-order chi connectivity index (χ1) is 10.1. The van der Waals surface area contributed by atoms with Crippen LogP contribution in [0.1, 0.15) is 24.4 Å². The van der Waals surface area contributed by atoms with Crippen molar-refractivity contribution >= 4 is 0 Å². The molecule has 0 saturated carbocycles. The lowest BCUT2D eigenvalue weighted by Gasteiger charge is -2.42. The number of nitrogens with zero attached hydrogens (tertiary/aromatic N) is 1. The quantitative estimate of drug-likeness (QED) is 0.920. The second kappa shape index (κ2) is 5.39. The normalized spacial score (nSPS) is 27.6. The molecule has 1 N–H and O–H groups in total. The second-order valence-corrected chi connectivity index (χ2v) is 6.11. The first kappa shape index (κ1) is 14.5. The standard InChI is InChI=1S/C16H24N2O3/c1-18(2)12-9-16(7-8-17-10-16)21-14-11(12)5-6-13(19-3)15(14)20-4/h5-6,12,17H,7-10H2,1-4H3. The molecule has 0 aromatic heterocycles. The van der Waals surface area contributed by atoms with E-state index < -0.39 is 0 Å². The monoisotopic (exact) mass is 292 g/mol. The topological polar surface area (TPSA) is 43.0 Å². The molecule has 2 aliphatic heterocycles. The van der Waals surface area contributed by atoms with E-state index in [2.05, 4.69) is 30.4 Å². The van der Waals surface area contributed by atoms with Gasteiger partial charge >= 0.3 is 0 Å². The summed E-state index contributed by atoms with van der Waals surface area (Å²) in [6, 6.07) is 4.38. The van der Waals surface area contributed by atoms with Crippen LogP contribution in [0.15, 0.2) is 12.1 Å². The molecule has 3 rings (SSSR count). The van der Waals surface area contributed by atoms with Crippen molar-refractivity contribution in [1.82, 2.24) is 10.2 Å². The summed E-state index contributed by atoms with van der Waals surface area (Å²) in [5.41, 5.74) is 1.04. The molecular weight excluding hydrogens is 268 g/mol. The van der Waals surface area contributed by atoms with Gasteiger partial charge in [-0.05, 0) is 32.8 Å². The second-order valence-electron chi connectivity index (χ2n) is 6.11. The van der Waals surface area contributed by atoms with Gasteiger partial charge in [-0.3, -0.25) is 0 Å². The SMILES string of the molecule is COc1ccc2c(c1OC)OC1(CCNC1)CC2N(C)C. The van der Waals surface area contributed by atoms with Crippen LogP contribution in [0.25, 0.3) is 0 Å². The average molecular weight is 292 g/mol. The maximum atomic E-state index is 6.43. The number of rotatable bonds is 3. The Bertz CT molecular complexity index is 524. The van der Waals surface area contributed by atoms with Crippen molar-refractivity contribution in [3.63, 3.8) is 0 Å². The fraction of sp³-hybridized carbons (Fsp3) is 0.625. The molecule has 1 fully saturated rings. The molecule has 5 nitrogen and oxygen atoms in total. The summed E-state index contributed by atoms with van der Waals surface area (Å²) in [6.45, 7) is 1.89. The van der Waals surface area contributed by atoms with Crippen LogP contribution in [0.2, 0.25) is 0 Å². The van der Waals surface area contributed by atoms with Crippen LogP contribution >= 0.6 is 0 Å². The van der Waals surface area contributed by atoms with Crippen molar-refractivity contribution in [2.75, 3.05) is 41.4 Å². The Morgan fingerprint density at radius 2 is 2.10 bits per heavy atom. The van der Waals surface area contributed by atoms with Crippen LogP contribution in [-0.4, -0.2) is 51.9 Å². The number of hydrogen-bond donors (Lipinski definition) is 1. The van der Waals surface area contributed by atoms with Gasteiger partial charge in [0.15, 0.2) is 11.5 Å². The van der Waals surface area contributed by atoms with Gasteiger partial charge in [-0.15, -0.1) is 0 Å². The lowest BCUT2D eigenvalue weighted by atomic mass is 9.85. The molecule has 1 spiro atoms. The summed E-state index contributed by atoms with van der Waals surface area (Å²) in [5.74, 6) is 2.26. The molecule has 0 radical (unpaired) electrons. The largest absolute Gasteiger partial charge is 0.493 e. The van der Waals surface area contributed by atoms with Crippen LogP contribution in [0.4, 0.5) is 0 Å². The van der Waals surface area contributed by atoms with E-state index in [-0.39, 0.29) is 5.60 Å². The molecule has 1 saturated heterocycles. The van der Waals surface area contributed by atoms with Gasteiger partial charge in [-0.25, -0.2) is 0 Å². The molecule has 1 aromatic carbocycles. The summed E-state index contributed by atoms with van der Waals surface area (Å²) in [5, 5.41) is 3.42. The fourth-order valence-electron chi connectivity index (χ4n) is 3.44. The van der Waals surface area contributed by atoms with E-state index in [1.165, 1.54) is 5.56 Å². The predicted octanol–water partition coefficient (Wildman–Crippen LogP) is 1.82. The molecule has 0 aliphatic carbocycles. The zero-order valence-corrected chi connectivity index (χ0v) is 13.2. The van der Waals surface area contributed by atoms with Crippen LogP contribution in [-0.2, 0) is 0 Å². The van der Waals surface area contributed by atoms with E-state index in [4.69, 9.17) is 14.2 Å².